The van der Waals surface area contributed by atoms with Crippen molar-refractivity contribution in [3.8, 4) is 0 Å². The number of hydrogen-bond acceptors (Lipinski definition) is 2. The number of carbonyl (C=O) groups is 1. The molecule has 2 atom stereocenters. The molecule has 0 aromatic rings. The van der Waals surface area contributed by atoms with Gasteiger partial charge in [-0.15, -0.1) is 6.58 Å². The van der Waals surface area contributed by atoms with Crippen LogP contribution in [-0.4, -0.2) is 30.7 Å². The van der Waals surface area contributed by atoms with Crippen LogP contribution in [0.25, 0.3) is 0 Å². The Morgan fingerprint density at radius 3 is 2.44 bits per heavy atom. The van der Waals surface area contributed by atoms with E-state index in [1.807, 2.05) is 12.2 Å². The van der Waals surface area contributed by atoms with Gasteiger partial charge in [0.1, 0.15) is 6.54 Å². The number of halogens is 3. The van der Waals surface area contributed by atoms with Crippen LogP contribution in [0.3, 0.4) is 0 Å². The highest BCUT2D eigenvalue weighted by Gasteiger charge is 2.28. The van der Waals surface area contributed by atoms with Crippen molar-refractivity contribution in [1.29, 1.82) is 0 Å². The summed E-state index contributed by atoms with van der Waals surface area (Å²) < 4.78 is 35.4. The molecule has 0 spiro atoms. The molecule has 16 heavy (non-hydrogen) atoms. The summed E-state index contributed by atoms with van der Waals surface area (Å²) in [6.07, 6.45) is -2.04. The van der Waals surface area contributed by atoms with Crippen LogP contribution < -0.4 is 10.6 Å². The molecule has 0 fully saturated rings. The average Bonchev–Trinajstić information content (AvgIpc) is 2.13. The van der Waals surface area contributed by atoms with E-state index in [4.69, 9.17) is 0 Å². The highest BCUT2D eigenvalue weighted by molar-refractivity contribution is 5.81. The van der Waals surface area contributed by atoms with Crippen molar-refractivity contribution in [2.24, 2.45) is 0 Å². The van der Waals surface area contributed by atoms with Crippen molar-refractivity contribution in [3.05, 3.63) is 12.7 Å². The van der Waals surface area contributed by atoms with Crippen LogP contribution in [0.2, 0.25) is 0 Å². The fourth-order valence-electron chi connectivity index (χ4n) is 1.16. The lowest BCUT2D eigenvalue weighted by Crippen LogP contribution is -2.47. The van der Waals surface area contributed by atoms with E-state index in [-0.39, 0.29) is 6.04 Å². The monoisotopic (exact) mass is 238 g/mol. The molecule has 0 saturated heterocycles. The molecule has 6 heteroatoms. The summed E-state index contributed by atoms with van der Waals surface area (Å²) in [6.45, 7) is 5.58. The van der Waals surface area contributed by atoms with Crippen LogP contribution in [0, 0.1) is 0 Å². The maximum atomic E-state index is 11.8. The lowest BCUT2D eigenvalue weighted by atomic mass is 10.2. The first-order valence-corrected chi connectivity index (χ1v) is 4.97. The number of nitrogens with one attached hydrogen (secondary N) is 2. The van der Waals surface area contributed by atoms with Gasteiger partial charge in [-0.25, -0.2) is 0 Å². The van der Waals surface area contributed by atoms with E-state index in [2.05, 4.69) is 11.9 Å². The summed E-state index contributed by atoms with van der Waals surface area (Å²) in [5, 5.41) is 4.68. The van der Waals surface area contributed by atoms with Gasteiger partial charge < -0.3 is 10.6 Å². The Bertz CT molecular complexity index is 241. The number of rotatable bonds is 6. The van der Waals surface area contributed by atoms with Gasteiger partial charge in [0.05, 0.1) is 6.04 Å². The zero-order valence-corrected chi connectivity index (χ0v) is 9.40. The van der Waals surface area contributed by atoms with Crippen molar-refractivity contribution in [2.75, 3.05) is 6.54 Å². The van der Waals surface area contributed by atoms with Crippen LogP contribution in [0.1, 0.15) is 20.3 Å². The van der Waals surface area contributed by atoms with Crippen molar-refractivity contribution >= 4 is 5.91 Å². The van der Waals surface area contributed by atoms with Gasteiger partial charge in [0, 0.05) is 6.04 Å². The fourth-order valence-corrected chi connectivity index (χ4v) is 1.16. The standard InChI is InChI=1S/C10H17F3N2O/c1-4-5-7(2)15-8(3)9(16)14-6-10(11,12)13/h4,7-8,15H,1,5-6H2,2-3H3,(H,14,16). The highest BCUT2D eigenvalue weighted by Crippen LogP contribution is 2.12. The molecule has 0 aromatic heterocycles. The maximum absolute atomic E-state index is 11.8. The normalized spacial score (nSPS) is 15.3. The molecule has 2 N–H and O–H groups in total. The van der Waals surface area contributed by atoms with Gasteiger partial charge in [0.15, 0.2) is 0 Å². The van der Waals surface area contributed by atoms with Crippen LogP contribution in [-0.2, 0) is 4.79 Å². The molecule has 0 aliphatic carbocycles. The Morgan fingerprint density at radius 1 is 1.44 bits per heavy atom. The van der Waals surface area contributed by atoms with Gasteiger partial charge in [-0.2, -0.15) is 13.2 Å². The number of carbonyl (C=O) groups excluding carboxylic acids is 1. The second-order valence-electron chi connectivity index (χ2n) is 3.65. The lowest BCUT2D eigenvalue weighted by Gasteiger charge is -2.18. The number of amides is 1. The van der Waals surface area contributed by atoms with Crippen molar-refractivity contribution in [1.82, 2.24) is 10.6 Å². The molecule has 2 unspecified atom stereocenters. The molecular weight excluding hydrogens is 221 g/mol. The fraction of sp³-hybridized carbons (Fsp3) is 0.700. The van der Waals surface area contributed by atoms with Crippen molar-refractivity contribution < 1.29 is 18.0 Å². The Hall–Kier alpha value is -1.04. The first-order valence-electron chi connectivity index (χ1n) is 4.97. The molecule has 0 aromatic carbocycles. The summed E-state index contributed by atoms with van der Waals surface area (Å²) in [4.78, 5) is 11.2. The summed E-state index contributed by atoms with van der Waals surface area (Å²) in [6, 6.07) is -0.651. The molecule has 0 rings (SSSR count). The van der Waals surface area contributed by atoms with Gasteiger partial charge in [-0.1, -0.05) is 6.08 Å². The largest absolute Gasteiger partial charge is 0.405 e. The van der Waals surface area contributed by atoms with Crippen molar-refractivity contribution in [3.63, 3.8) is 0 Å². The predicted octanol–water partition coefficient (Wildman–Crippen LogP) is 1.61. The minimum absolute atomic E-state index is 0.00383. The minimum atomic E-state index is -4.37. The molecule has 0 radical (unpaired) electrons. The zero-order valence-electron chi connectivity index (χ0n) is 9.40. The summed E-state index contributed by atoms with van der Waals surface area (Å²) >= 11 is 0. The van der Waals surface area contributed by atoms with E-state index < -0.39 is 24.7 Å². The first-order chi connectivity index (χ1) is 7.26. The first kappa shape index (κ1) is 15.0. The Balaban J connectivity index is 3.95. The van der Waals surface area contributed by atoms with E-state index in [1.165, 1.54) is 6.92 Å². The summed E-state index contributed by atoms with van der Waals surface area (Å²) in [7, 11) is 0. The second kappa shape index (κ2) is 6.52. The Morgan fingerprint density at radius 2 is 2.00 bits per heavy atom. The van der Waals surface area contributed by atoms with Gasteiger partial charge in [-0.05, 0) is 20.3 Å². The number of alkyl halides is 3. The molecule has 3 nitrogen and oxygen atoms in total. The van der Waals surface area contributed by atoms with E-state index >= 15 is 0 Å². The maximum Gasteiger partial charge on any atom is 0.405 e. The Labute approximate surface area is 93.1 Å². The predicted molar refractivity (Wildman–Crippen MR) is 55.9 cm³/mol. The van der Waals surface area contributed by atoms with Crippen LogP contribution >= 0.6 is 0 Å². The van der Waals surface area contributed by atoms with Crippen LogP contribution in [0.5, 0.6) is 0 Å². The topological polar surface area (TPSA) is 41.1 Å². The molecule has 0 heterocycles. The molecular formula is C10H17F3N2O. The Kier molecular flexibility index (Phi) is 6.10. The zero-order chi connectivity index (χ0) is 12.8. The minimum Gasteiger partial charge on any atom is -0.346 e. The van der Waals surface area contributed by atoms with E-state index in [9.17, 15) is 18.0 Å². The van der Waals surface area contributed by atoms with Crippen molar-refractivity contribution in [2.45, 2.75) is 38.5 Å². The van der Waals surface area contributed by atoms with Gasteiger partial charge in [0.25, 0.3) is 0 Å². The van der Waals surface area contributed by atoms with Crippen LogP contribution in [0.4, 0.5) is 13.2 Å². The quantitative estimate of drug-likeness (QED) is 0.690. The molecule has 0 saturated carbocycles. The third-order valence-corrected chi connectivity index (χ3v) is 1.91. The van der Waals surface area contributed by atoms with E-state index in [0.717, 1.165) is 0 Å². The number of hydrogen-bond donors (Lipinski definition) is 2. The summed E-state index contributed by atoms with van der Waals surface area (Å²) in [5.74, 6) is -0.659. The van der Waals surface area contributed by atoms with Gasteiger partial charge >= 0.3 is 6.18 Å². The second-order valence-corrected chi connectivity index (χ2v) is 3.65. The molecule has 1 amide bonds. The van der Waals surface area contributed by atoms with Crippen LogP contribution in [0.15, 0.2) is 12.7 Å². The molecule has 94 valence electrons. The lowest BCUT2D eigenvalue weighted by molar-refractivity contribution is -0.139. The third kappa shape index (κ3) is 7.28. The summed E-state index contributed by atoms with van der Waals surface area (Å²) in [5.41, 5.74) is 0. The van der Waals surface area contributed by atoms with Gasteiger partial charge in [-0.3, -0.25) is 4.79 Å². The average molecular weight is 238 g/mol. The smallest absolute Gasteiger partial charge is 0.346 e. The SMILES string of the molecule is C=CCC(C)NC(C)C(=O)NCC(F)(F)F. The van der Waals surface area contributed by atoms with Gasteiger partial charge in [0.2, 0.25) is 5.91 Å². The molecule has 0 aliphatic heterocycles. The third-order valence-electron chi connectivity index (χ3n) is 1.91. The van der Waals surface area contributed by atoms with E-state index in [1.54, 1.807) is 6.08 Å². The molecule has 0 bridgehead atoms. The molecule has 0 aliphatic rings. The highest BCUT2D eigenvalue weighted by atomic mass is 19.4. The van der Waals surface area contributed by atoms with E-state index in [0.29, 0.717) is 6.42 Å².